The minimum atomic E-state index is -1.46. The Balaban J connectivity index is 2.07. The second-order valence-corrected chi connectivity index (χ2v) is 10.2. The molecule has 1 aliphatic carbocycles. The van der Waals surface area contributed by atoms with Crippen molar-refractivity contribution in [2.45, 2.75) is 7.59 Å². The topological polar surface area (TPSA) is 0 Å². The van der Waals surface area contributed by atoms with E-state index in [0.717, 1.165) is 22.3 Å². The maximum atomic E-state index is 5.95. The minimum absolute atomic E-state index is 0.601. The fraction of sp³-hybridized carbons (Fsp3) is 0.100. The third-order valence-corrected chi connectivity index (χ3v) is 5.18. The molecule has 1 radical (unpaired) electrons. The molecule has 26 heavy (non-hydrogen) atoms. The van der Waals surface area contributed by atoms with E-state index in [1.54, 1.807) is 24.3 Å². The van der Waals surface area contributed by atoms with Gasteiger partial charge in [-0.15, -0.1) is 0 Å². The molecule has 0 bridgehead atoms. The lowest BCUT2D eigenvalue weighted by molar-refractivity contribution is 1.23. The highest BCUT2D eigenvalue weighted by Crippen LogP contribution is 2.41. The molecule has 0 saturated heterocycles. The quantitative estimate of drug-likeness (QED) is 0.395. The standard InChI is InChI=1S/C20H11Cl6/c21-19(22,23)16-9-5-14(6-10-16)18(13-3-1-2-4-13)15-7-11-17(12-8-15)20(24,25)26/h1-3,5-12H. The van der Waals surface area contributed by atoms with Gasteiger partial charge in [0.1, 0.15) is 0 Å². The van der Waals surface area contributed by atoms with E-state index >= 15 is 0 Å². The number of hydrogen-bond acceptors (Lipinski definition) is 0. The summed E-state index contributed by atoms with van der Waals surface area (Å²) in [5.41, 5.74) is 5.07. The van der Waals surface area contributed by atoms with Gasteiger partial charge in [-0.3, -0.25) is 0 Å². The molecule has 133 valence electrons. The highest BCUT2D eigenvalue weighted by atomic mass is 35.6. The second-order valence-electron chi connectivity index (χ2n) is 5.61. The van der Waals surface area contributed by atoms with Crippen molar-refractivity contribution in [1.82, 2.24) is 0 Å². The van der Waals surface area contributed by atoms with Crippen LogP contribution in [0.5, 0.6) is 0 Å². The molecule has 0 amide bonds. The van der Waals surface area contributed by atoms with Crippen LogP contribution in [0.25, 0.3) is 5.57 Å². The van der Waals surface area contributed by atoms with E-state index in [0.29, 0.717) is 11.1 Å². The summed E-state index contributed by atoms with van der Waals surface area (Å²) in [4.78, 5) is 0. The third kappa shape index (κ3) is 4.62. The summed E-state index contributed by atoms with van der Waals surface area (Å²) in [6, 6.07) is 14.8. The monoisotopic (exact) mass is 461 g/mol. The van der Waals surface area contributed by atoms with Gasteiger partial charge in [0.2, 0.25) is 7.59 Å². The lowest BCUT2D eigenvalue weighted by Crippen LogP contribution is -2.01. The fourth-order valence-corrected chi connectivity index (χ4v) is 3.37. The van der Waals surface area contributed by atoms with E-state index in [4.69, 9.17) is 69.6 Å². The Morgan fingerprint density at radius 1 is 0.654 bits per heavy atom. The van der Waals surface area contributed by atoms with Crippen LogP contribution in [0.15, 0.2) is 72.3 Å². The van der Waals surface area contributed by atoms with Crippen LogP contribution in [0.3, 0.4) is 0 Å². The van der Waals surface area contributed by atoms with Crippen LogP contribution in [0.1, 0.15) is 22.3 Å². The summed E-state index contributed by atoms with van der Waals surface area (Å²) < 4.78 is -2.92. The number of alkyl halides is 6. The summed E-state index contributed by atoms with van der Waals surface area (Å²) >= 11 is 35.7. The highest BCUT2D eigenvalue weighted by molar-refractivity contribution is 6.67. The van der Waals surface area contributed by atoms with Crippen molar-refractivity contribution in [3.05, 3.63) is 101 Å². The molecule has 3 rings (SSSR count). The Kier molecular flexibility index (Phi) is 6.04. The molecule has 0 aromatic heterocycles. The van der Waals surface area contributed by atoms with Crippen LogP contribution in [-0.4, -0.2) is 0 Å². The summed E-state index contributed by atoms with van der Waals surface area (Å²) in [5, 5.41) is 0. The SMILES string of the molecule is ClC(Cl)(Cl)c1ccc(C(=C2[C]=CC=C2)c2ccc(C(Cl)(Cl)Cl)cc2)cc1. The molecule has 0 fully saturated rings. The highest BCUT2D eigenvalue weighted by Gasteiger charge is 2.24. The largest absolute Gasteiger partial charge is 0.216 e. The van der Waals surface area contributed by atoms with Gasteiger partial charge in [0.15, 0.2) is 0 Å². The Labute approximate surface area is 182 Å². The normalized spacial score (nSPS) is 14.2. The molecule has 0 spiro atoms. The number of allylic oxidation sites excluding steroid dienone is 5. The lowest BCUT2D eigenvalue weighted by atomic mass is 9.92. The van der Waals surface area contributed by atoms with Crippen molar-refractivity contribution < 1.29 is 0 Å². The van der Waals surface area contributed by atoms with Crippen LogP contribution in [0.2, 0.25) is 0 Å². The Morgan fingerprint density at radius 3 is 1.38 bits per heavy atom. The first-order chi connectivity index (χ1) is 12.2. The summed E-state index contributed by atoms with van der Waals surface area (Å²) in [7, 11) is 0. The van der Waals surface area contributed by atoms with E-state index in [2.05, 4.69) is 6.08 Å². The minimum Gasteiger partial charge on any atom is -0.0784 e. The number of benzene rings is 2. The van der Waals surface area contributed by atoms with Gasteiger partial charge in [-0.2, -0.15) is 0 Å². The molecule has 2 aromatic rings. The maximum absolute atomic E-state index is 5.95. The molecule has 1 aliphatic rings. The molecule has 6 heteroatoms. The molecular formula is C20H11Cl6. The Bertz CT molecular complexity index is 802. The smallest absolute Gasteiger partial charge is 0.0784 e. The van der Waals surface area contributed by atoms with Gasteiger partial charge in [-0.25, -0.2) is 0 Å². The molecule has 0 aliphatic heterocycles. The molecule has 0 N–H and O–H groups in total. The van der Waals surface area contributed by atoms with Crippen LogP contribution in [0, 0.1) is 6.08 Å². The molecule has 2 aromatic carbocycles. The van der Waals surface area contributed by atoms with Gasteiger partial charge in [0.05, 0.1) is 0 Å². The van der Waals surface area contributed by atoms with E-state index < -0.39 is 7.59 Å². The molecule has 0 unspecified atom stereocenters. The molecular weight excluding hydrogens is 453 g/mol. The van der Waals surface area contributed by atoms with Crippen molar-refractivity contribution in [3.8, 4) is 0 Å². The van der Waals surface area contributed by atoms with Crippen LogP contribution >= 0.6 is 69.6 Å². The van der Waals surface area contributed by atoms with Crippen LogP contribution < -0.4 is 0 Å². The first-order valence-electron chi connectivity index (χ1n) is 7.52. The van der Waals surface area contributed by atoms with Crippen LogP contribution in [0.4, 0.5) is 0 Å². The van der Waals surface area contributed by atoms with Crippen molar-refractivity contribution >= 4 is 75.2 Å². The Hall–Kier alpha value is -0.600. The summed E-state index contributed by atoms with van der Waals surface area (Å²) in [5.74, 6) is 0. The number of rotatable bonds is 2. The van der Waals surface area contributed by atoms with E-state index in [-0.39, 0.29) is 0 Å². The van der Waals surface area contributed by atoms with E-state index in [1.807, 2.05) is 42.5 Å². The van der Waals surface area contributed by atoms with Gasteiger partial charge in [-0.05, 0) is 28.3 Å². The van der Waals surface area contributed by atoms with Gasteiger partial charge < -0.3 is 0 Å². The zero-order chi connectivity index (χ0) is 18.9. The molecule has 0 nitrogen and oxygen atoms in total. The molecule has 0 saturated carbocycles. The molecule has 0 heterocycles. The summed E-state index contributed by atoms with van der Waals surface area (Å²) in [6.45, 7) is 0. The summed E-state index contributed by atoms with van der Waals surface area (Å²) in [6.07, 6.45) is 9.01. The lowest BCUT2D eigenvalue weighted by Gasteiger charge is -2.16. The zero-order valence-corrected chi connectivity index (χ0v) is 17.7. The first kappa shape index (κ1) is 20.1. The second kappa shape index (κ2) is 7.80. The Morgan fingerprint density at radius 2 is 1.08 bits per heavy atom. The van der Waals surface area contributed by atoms with Crippen molar-refractivity contribution in [2.24, 2.45) is 0 Å². The van der Waals surface area contributed by atoms with E-state index in [9.17, 15) is 0 Å². The van der Waals surface area contributed by atoms with Gasteiger partial charge in [0.25, 0.3) is 0 Å². The first-order valence-corrected chi connectivity index (χ1v) is 9.79. The fourth-order valence-electron chi connectivity index (χ4n) is 2.62. The average Bonchev–Trinajstić information content (AvgIpc) is 3.08. The van der Waals surface area contributed by atoms with Crippen molar-refractivity contribution in [3.63, 3.8) is 0 Å². The van der Waals surface area contributed by atoms with Crippen molar-refractivity contribution in [1.29, 1.82) is 0 Å². The third-order valence-electron chi connectivity index (χ3n) is 3.87. The predicted octanol–water partition coefficient (Wildman–Crippen LogP) is 8.07. The molecule has 0 atom stereocenters. The van der Waals surface area contributed by atoms with Gasteiger partial charge >= 0.3 is 0 Å². The number of halogens is 6. The van der Waals surface area contributed by atoms with E-state index in [1.165, 1.54) is 0 Å². The van der Waals surface area contributed by atoms with Crippen molar-refractivity contribution in [2.75, 3.05) is 0 Å². The maximum Gasteiger partial charge on any atom is 0.216 e. The van der Waals surface area contributed by atoms with Gasteiger partial charge in [-0.1, -0.05) is 136 Å². The average molecular weight is 464 g/mol. The predicted molar refractivity (Wildman–Crippen MR) is 114 cm³/mol. The number of hydrogen-bond donors (Lipinski definition) is 0. The van der Waals surface area contributed by atoms with Gasteiger partial charge in [0, 0.05) is 11.1 Å². The van der Waals surface area contributed by atoms with Crippen LogP contribution in [-0.2, 0) is 7.59 Å². The zero-order valence-electron chi connectivity index (χ0n) is 13.1.